The summed E-state index contributed by atoms with van der Waals surface area (Å²) in [5.74, 6) is 1.45. The van der Waals surface area contributed by atoms with Gasteiger partial charge < -0.3 is 4.52 Å². The highest BCUT2D eigenvalue weighted by molar-refractivity contribution is 7.61. The van der Waals surface area contributed by atoms with E-state index in [0.29, 0.717) is 0 Å². The van der Waals surface area contributed by atoms with Gasteiger partial charge in [0.05, 0.1) is 6.10 Å². The van der Waals surface area contributed by atoms with Crippen molar-refractivity contribution in [1.82, 2.24) is 0 Å². The fraction of sp³-hybridized carbons (Fsp3) is 0.778. The van der Waals surface area contributed by atoms with E-state index in [-0.39, 0.29) is 6.10 Å². The molecule has 0 radical (unpaired) electrons. The second kappa shape index (κ2) is 4.25. The highest BCUT2D eigenvalue weighted by atomic mass is 31.2. The minimum Gasteiger partial charge on any atom is -0.323 e. The standard InChI is InChI=1S/C9H17O2P/c1-3-12(2,10)11-9-7-5-4-6-8-9/h3,9H,1,4-8H2,2H3. The smallest absolute Gasteiger partial charge is 0.221 e. The van der Waals surface area contributed by atoms with Crippen LogP contribution in [0.15, 0.2) is 12.4 Å². The van der Waals surface area contributed by atoms with Crippen molar-refractivity contribution in [2.24, 2.45) is 0 Å². The van der Waals surface area contributed by atoms with Gasteiger partial charge in [0.2, 0.25) is 7.37 Å². The Labute approximate surface area is 74.5 Å². The van der Waals surface area contributed by atoms with Crippen molar-refractivity contribution < 1.29 is 9.09 Å². The van der Waals surface area contributed by atoms with Gasteiger partial charge in [-0.05, 0) is 18.7 Å². The van der Waals surface area contributed by atoms with Gasteiger partial charge in [-0.25, -0.2) is 0 Å². The number of hydrogen-bond donors (Lipinski definition) is 0. The SMILES string of the molecule is C=CP(C)(=O)OC1CCCCC1. The second-order valence-corrected chi connectivity index (χ2v) is 5.85. The molecule has 3 heteroatoms. The summed E-state index contributed by atoms with van der Waals surface area (Å²) in [6.45, 7) is 5.14. The van der Waals surface area contributed by atoms with Gasteiger partial charge >= 0.3 is 0 Å². The maximum atomic E-state index is 11.5. The van der Waals surface area contributed by atoms with Crippen LogP contribution >= 0.6 is 7.37 Å². The molecule has 1 aliphatic rings. The van der Waals surface area contributed by atoms with Gasteiger partial charge in [0.25, 0.3) is 0 Å². The van der Waals surface area contributed by atoms with E-state index in [0.717, 1.165) is 12.8 Å². The zero-order chi connectivity index (χ0) is 9.03. The second-order valence-electron chi connectivity index (χ2n) is 3.46. The molecular weight excluding hydrogens is 171 g/mol. The molecule has 1 aliphatic carbocycles. The van der Waals surface area contributed by atoms with Crippen LogP contribution in [0.2, 0.25) is 0 Å². The molecular formula is C9H17O2P. The lowest BCUT2D eigenvalue weighted by atomic mass is 9.98. The minimum absolute atomic E-state index is 0.215. The molecule has 1 atom stereocenters. The summed E-state index contributed by atoms with van der Waals surface area (Å²) in [4.78, 5) is 0. The first-order chi connectivity index (χ1) is 5.64. The van der Waals surface area contributed by atoms with Crippen molar-refractivity contribution in [2.75, 3.05) is 6.66 Å². The summed E-state index contributed by atoms with van der Waals surface area (Å²) in [6, 6.07) is 0. The molecule has 0 aromatic rings. The van der Waals surface area contributed by atoms with Crippen LogP contribution in [-0.2, 0) is 9.09 Å². The van der Waals surface area contributed by atoms with Crippen LogP contribution in [0.25, 0.3) is 0 Å². The van der Waals surface area contributed by atoms with Crippen molar-refractivity contribution in [3.8, 4) is 0 Å². The van der Waals surface area contributed by atoms with E-state index in [4.69, 9.17) is 4.52 Å². The van der Waals surface area contributed by atoms with E-state index in [1.165, 1.54) is 25.1 Å². The molecule has 0 amide bonds. The van der Waals surface area contributed by atoms with Crippen LogP contribution < -0.4 is 0 Å². The van der Waals surface area contributed by atoms with E-state index in [1.54, 1.807) is 6.66 Å². The first kappa shape index (κ1) is 10.0. The van der Waals surface area contributed by atoms with Crippen molar-refractivity contribution >= 4 is 7.37 Å². The summed E-state index contributed by atoms with van der Waals surface area (Å²) in [5, 5.41) is 0. The fourth-order valence-corrected chi connectivity index (χ4v) is 2.40. The van der Waals surface area contributed by atoms with Crippen LogP contribution in [0, 0.1) is 0 Å². The molecule has 2 nitrogen and oxygen atoms in total. The van der Waals surface area contributed by atoms with Gasteiger partial charge in [-0.15, -0.1) is 0 Å². The van der Waals surface area contributed by atoms with Crippen LogP contribution in [0.4, 0.5) is 0 Å². The molecule has 0 aromatic heterocycles. The Morgan fingerprint density at radius 2 is 2.00 bits per heavy atom. The molecule has 0 aliphatic heterocycles. The third kappa shape index (κ3) is 3.12. The maximum absolute atomic E-state index is 11.5. The third-order valence-electron chi connectivity index (χ3n) is 2.24. The molecule has 0 spiro atoms. The third-order valence-corrected chi connectivity index (χ3v) is 3.62. The van der Waals surface area contributed by atoms with Crippen molar-refractivity contribution in [3.63, 3.8) is 0 Å². The Morgan fingerprint density at radius 3 is 2.50 bits per heavy atom. The van der Waals surface area contributed by atoms with E-state index >= 15 is 0 Å². The van der Waals surface area contributed by atoms with Crippen LogP contribution in [-0.4, -0.2) is 12.8 Å². The first-order valence-corrected chi connectivity index (χ1v) is 6.67. The Kier molecular flexibility index (Phi) is 3.54. The van der Waals surface area contributed by atoms with Crippen LogP contribution in [0.3, 0.4) is 0 Å². The average Bonchev–Trinajstić information content (AvgIpc) is 2.06. The highest BCUT2D eigenvalue weighted by Gasteiger charge is 2.20. The first-order valence-electron chi connectivity index (χ1n) is 4.53. The Bertz CT molecular complexity index is 195. The lowest BCUT2D eigenvalue weighted by Gasteiger charge is -2.23. The molecule has 1 saturated carbocycles. The molecule has 0 heterocycles. The minimum atomic E-state index is -2.48. The lowest BCUT2D eigenvalue weighted by molar-refractivity contribution is 0.162. The Balaban J connectivity index is 2.39. The molecule has 0 N–H and O–H groups in total. The fourth-order valence-electron chi connectivity index (χ4n) is 1.51. The summed E-state index contributed by atoms with van der Waals surface area (Å²) < 4.78 is 17.0. The van der Waals surface area contributed by atoms with Crippen LogP contribution in [0.1, 0.15) is 32.1 Å². The Hall–Kier alpha value is -0.0700. The summed E-state index contributed by atoms with van der Waals surface area (Å²) in [7, 11) is -2.48. The predicted octanol–water partition coefficient (Wildman–Crippen LogP) is 3.39. The van der Waals surface area contributed by atoms with Crippen molar-refractivity contribution in [1.29, 1.82) is 0 Å². The molecule has 1 fully saturated rings. The van der Waals surface area contributed by atoms with E-state index < -0.39 is 7.37 Å². The van der Waals surface area contributed by atoms with E-state index in [9.17, 15) is 4.57 Å². The molecule has 0 aromatic carbocycles. The van der Waals surface area contributed by atoms with Crippen molar-refractivity contribution in [2.45, 2.75) is 38.2 Å². The molecule has 1 rings (SSSR count). The summed E-state index contributed by atoms with van der Waals surface area (Å²) >= 11 is 0. The molecule has 12 heavy (non-hydrogen) atoms. The highest BCUT2D eigenvalue weighted by Crippen LogP contribution is 2.46. The van der Waals surface area contributed by atoms with Gasteiger partial charge in [0.15, 0.2) is 0 Å². The number of hydrogen-bond acceptors (Lipinski definition) is 2. The van der Waals surface area contributed by atoms with Crippen molar-refractivity contribution in [3.05, 3.63) is 12.4 Å². The van der Waals surface area contributed by atoms with Crippen LogP contribution in [0.5, 0.6) is 0 Å². The summed E-state index contributed by atoms with van der Waals surface area (Å²) in [6.07, 6.45) is 6.05. The molecule has 0 saturated heterocycles. The van der Waals surface area contributed by atoms with E-state index in [2.05, 4.69) is 6.58 Å². The largest absolute Gasteiger partial charge is 0.323 e. The van der Waals surface area contributed by atoms with Gasteiger partial charge in [-0.2, -0.15) is 0 Å². The van der Waals surface area contributed by atoms with E-state index in [1.807, 2.05) is 0 Å². The summed E-state index contributed by atoms with van der Waals surface area (Å²) in [5.41, 5.74) is 0. The molecule has 1 unspecified atom stereocenters. The normalized spacial score (nSPS) is 24.8. The zero-order valence-corrected chi connectivity index (χ0v) is 8.56. The zero-order valence-electron chi connectivity index (χ0n) is 7.66. The average molecular weight is 188 g/mol. The Morgan fingerprint density at radius 1 is 1.42 bits per heavy atom. The van der Waals surface area contributed by atoms with Gasteiger partial charge in [0.1, 0.15) is 0 Å². The topological polar surface area (TPSA) is 26.3 Å². The molecule has 0 bridgehead atoms. The molecule has 70 valence electrons. The quantitative estimate of drug-likeness (QED) is 0.634. The lowest BCUT2D eigenvalue weighted by Crippen LogP contribution is -2.14. The van der Waals surface area contributed by atoms with Gasteiger partial charge in [-0.3, -0.25) is 4.57 Å². The maximum Gasteiger partial charge on any atom is 0.221 e. The number of rotatable bonds is 3. The van der Waals surface area contributed by atoms with Gasteiger partial charge in [0, 0.05) is 6.66 Å². The van der Waals surface area contributed by atoms with Gasteiger partial charge in [-0.1, -0.05) is 25.8 Å². The monoisotopic (exact) mass is 188 g/mol. The predicted molar refractivity (Wildman–Crippen MR) is 51.7 cm³/mol.